The number of halogens is 1. The number of carbonyl (C=O) groups excluding carboxylic acids is 1. The Morgan fingerprint density at radius 1 is 1.17 bits per heavy atom. The Labute approximate surface area is 141 Å². The zero-order chi connectivity index (χ0) is 16.5. The molecule has 5 nitrogen and oxygen atoms in total. The molecule has 7 heteroatoms. The molecular formula is C17H12FN3O2S. The maximum absolute atomic E-state index is 13.3. The molecule has 1 aliphatic heterocycles. The predicted molar refractivity (Wildman–Crippen MR) is 88.0 cm³/mol. The van der Waals surface area contributed by atoms with Gasteiger partial charge in [-0.3, -0.25) is 4.79 Å². The first-order valence-electron chi connectivity index (χ1n) is 7.31. The van der Waals surface area contributed by atoms with E-state index in [0.717, 1.165) is 10.6 Å². The number of carbonyl (C=O) groups is 1. The van der Waals surface area contributed by atoms with Gasteiger partial charge < -0.3 is 9.32 Å². The molecule has 1 aliphatic rings. The minimum absolute atomic E-state index is 0.00999. The zero-order valence-corrected chi connectivity index (χ0v) is 13.3. The maximum atomic E-state index is 13.3. The van der Waals surface area contributed by atoms with Crippen molar-refractivity contribution in [3.05, 3.63) is 60.2 Å². The van der Waals surface area contributed by atoms with Gasteiger partial charge in [0.25, 0.3) is 0 Å². The molecule has 0 aliphatic carbocycles. The number of thioether (sulfide) groups is 1. The topological polar surface area (TPSA) is 59.2 Å². The van der Waals surface area contributed by atoms with Gasteiger partial charge in [0.05, 0.1) is 11.4 Å². The summed E-state index contributed by atoms with van der Waals surface area (Å²) >= 11 is 1.52. The third kappa shape index (κ3) is 2.78. The summed E-state index contributed by atoms with van der Waals surface area (Å²) in [6.45, 7) is 0.193. The van der Waals surface area contributed by atoms with Crippen LogP contribution >= 0.6 is 11.8 Å². The second kappa shape index (κ2) is 6.09. The van der Waals surface area contributed by atoms with Crippen molar-refractivity contribution in [1.29, 1.82) is 0 Å². The van der Waals surface area contributed by atoms with E-state index in [1.165, 1.54) is 23.9 Å². The molecule has 0 atom stereocenters. The fourth-order valence-corrected chi connectivity index (χ4v) is 3.45. The first-order valence-corrected chi connectivity index (χ1v) is 8.30. The van der Waals surface area contributed by atoms with Crippen LogP contribution in [0.5, 0.6) is 0 Å². The smallest absolute Gasteiger partial charge is 0.247 e. The second-order valence-electron chi connectivity index (χ2n) is 5.25. The number of fused-ring (bicyclic) bond motifs is 1. The Morgan fingerprint density at radius 2 is 2.04 bits per heavy atom. The molecule has 120 valence electrons. The lowest BCUT2D eigenvalue weighted by Gasteiger charge is -2.27. The number of rotatable bonds is 3. The Hall–Kier alpha value is -2.67. The number of nitrogens with zero attached hydrogens (tertiary/aromatic N) is 3. The summed E-state index contributed by atoms with van der Waals surface area (Å²) in [5.74, 6) is 0.539. The summed E-state index contributed by atoms with van der Waals surface area (Å²) in [5, 5.41) is 7.93. The van der Waals surface area contributed by atoms with Crippen LogP contribution in [0.4, 0.5) is 10.1 Å². The van der Waals surface area contributed by atoms with Crippen molar-refractivity contribution >= 4 is 23.4 Å². The molecule has 24 heavy (non-hydrogen) atoms. The van der Waals surface area contributed by atoms with Gasteiger partial charge in [0.15, 0.2) is 0 Å². The number of anilines is 1. The quantitative estimate of drug-likeness (QED) is 0.729. The highest BCUT2D eigenvalue weighted by atomic mass is 32.2. The van der Waals surface area contributed by atoms with E-state index in [9.17, 15) is 9.18 Å². The van der Waals surface area contributed by atoms with Gasteiger partial charge in [-0.1, -0.05) is 18.2 Å². The van der Waals surface area contributed by atoms with Crippen LogP contribution in [-0.4, -0.2) is 21.9 Å². The number of benzene rings is 2. The van der Waals surface area contributed by atoms with E-state index in [1.807, 2.05) is 24.3 Å². The molecule has 1 amide bonds. The van der Waals surface area contributed by atoms with E-state index in [0.29, 0.717) is 17.2 Å². The fourth-order valence-electron chi connectivity index (χ4n) is 2.52. The number of hydrogen-bond acceptors (Lipinski definition) is 5. The highest BCUT2D eigenvalue weighted by Crippen LogP contribution is 2.35. The fraction of sp³-hybridized carbons (Fsp3) is 0.118. The number of aromatic nitrogens is 2. The minimum Gasteiger partial charge on any atom is -0.419 e. The summed E-state index contributed by atoms with van der Waals surface area (Å²) in [5.41, 5.74) is 1.35. The van der Waals surface area contributed by atoms with Crippen LogP contribution < -0.4 is 4.90 Å². The highest BCUT2D eigenvalue weighted by molar-refractivity contribution is 8.00. The number of para-hydroxylation sites is 1. The summed E-state index contributed by atoms with van der Waals surface area (Å²) in [4.78, 5) is 14.9. The molecule has 2 heterocycles. The van der Waals surface area contributed by atoms with Crippen molar-refractivity contribution in [2.24, 2.45) is 0 Å². The van der Waals surface area contributed by atoms with Crippen molar-refractivity contribution < 1.29 is 13.6 Å². The van der Waals surface area contributed by atoms with Crippen molar-refractivity contribution in [2.75, 3.05) is 10.7 Å². The Bertz CT molecular complexity index is 912. The van der Waals surface area contributed by atoms with Gasteiger partial charge in [-0.05, 0) is 30.3 Å². The number of hydrogen-bond donors (Lipinski definition) is 0. The van der Waals surface area contributed by atoms with Gasteiger partial charge in [0.1, 0.15) is 12.4 Å². The predicted octanol–water partition coefficient (Wildman–Crippen LogP) is 3.51. The first-order chi connectivity index (χ1) is 11.7. The maximum Gasteiger partial charge on any atom is 0.247 e. The average Bonchev–Trinajstić information content (AvgIpc) is 3.06. The Balaban J connectivity index is 1.61. The lowest BCUT2D eigenvalue weighted by atomic mass is 10.2. The van der Waals surface area contributed by atoms with E-state index >= 15 is 0 Å². The van der Waals surface area contributed by atoms with Gasteiger partial charge in [0, 0.05) is 10.5 Å². The third-order valence-corrected chi connectivity index (χ3v) is 4.69. The zero-order valence-electron chi connectivity index (χ0n) is 12.5. The molecular weight excluding hydrogens is 329 g/mol. The van der Waals surface area contributed by atoms with E-state index in [1.54, 1.807) is 17.0 Å². The molecule has 0 radical (unpaired) electrons. The van der Waals surface area contributed by atoms with Crippen LogP contribution in [0.25, 0.3) is 11.5 Å². The van der Waals surface area contributed by atoms with Crippen LogP contribution in [0.2, 0.25) is 0 Å². The standard InChI is InChI=1S/C17H12FN3O2S/c18-12-5-3-4-11(8-12)17-20-19-15(23-17)9-21-13-6-1-2-7-14(13)24-10-16(21)22/h1-8H,9-10H2. The third-order valence-electron chi connectivity index (χ3n) is 3.64. The summed E-state index contributed by atoms with van der Waals surface area (Å²) in [6.07, 6.45) is 0. The van der Waals surface area contributed by atoms with Gasteiger partial charge >= 0.3 is 0 Å². The molecule has 1 aromatic heterocycles. The summed E-state index contributed by atoms with van der Waals surface area (Å²) < 4.78 is 18.9. The highest BCUT2D eigenvalue weighted by Gasteiger charge is 2.26. The van der Waals surface area contributed by atoms with Crippen LogP contribution in [0.3, 0.4) is 0 Å². The van der Waals surface area contributed by atoms with Gasteiger partial charge in [0.2, 0.25) is 17.7 Å². The van der Waals surface area contributed by atoms with E-state index in [2.05, 4.69) is 10.2 Å². The van der Waals surface area contributed by atoms with Gasteiger partial charge in [-0.2, -0.15) is 0 Å². The summed E-state index contributed by atoms with van der Waals surface area (Å²) in [6, 6.07) is 13.6. The molecule has 0 bridgehead atoms. The van der Waals surface area contributed by atoms with Crippen molar-refractivity contribution in [2.45, 2.75) is 11.4 Å². The Kier molecular flexibility index (Phi) is 3.78. The lowest BCUT2D eigenvalue weighted by Crippen LogP contribution is -2.34. The van der Waals surface area contributed by atoms with Gasteiger partial charge in [-0.15, -0.1) is 22.0 Å². The normalized spacial score (nSPS) is 13.9. The van der Waals surface area contributed by atoms with E-state index < -0.39 is 0 Å². The van der Waals surface area contributed by atoms with E-state index in [4.69, 9.17) is 4.42 Å². The molecule has 3 aromatic rings. The van der Waals surface area contributed by atoms with Crippen LogP contribution in [0.1, 0.15) is 5.89 Å². The average molecular weight is 341 g/mol. The first kappa shape index (κ1) is 14.9. The van der Waals surface area contributed by atoms with Crippen molar-refractivity contribution in [3.8, 4) is 11.5 Å². The summed E-state index contributed by atoms with van der Waals surface area (Å²) in [7, 11) is 0. The van der Waals surface area contributed by atoms with Crippen molar-refractivity contribution in [1.82, 2.24) is 10.2 Å². The molecule has 2 aromatic carbocycles. The molecule has 4 rings (SSSR count). The van der Waals surface area contributed by atoms with E-state index in [-0.39, 0.29) is 24.2 Å². The lowest BCUT2D eigenvalue weighted by molar-refractivity contribution is -0.116. The Morgan fingerprint density at radius 3 is 2.92 bits per heavy atom. The molecule has 0 saturated carbocycles. The van der Waals surface area contributed by atoms with Crippen molar-refractivity contribution in [3.63, 3.8) is 0 Å². The molecule has 0 fully saturated rings. The van der Waals surface area contributed by atoms with Crippen LogP contribution in [-0.2, 0) is 11.3 Å². The SMILES string of the molecule is O=C1CSc2ccccc2N1Cc1nnc(-c2cccc(F)c2)o1. The van der Waals surface area contributed by atoms with Gasteiger partial charge in [-0.25, -0.2) is 4.39 Å². The molecule has 0 unspecified atom stereocenters. The minimum atomic E-state index is -0.371. The molecule has 0 N–H and O–H groups in total. The second-order valence-corrected chi connectivity index (χ2v) is 6.26. The molecule has 0 spiro atoms. The largest absolute Gasteiger partial charge is 0.419 e. The van der Waals surface area contributed by atoms with Crippen LogP contribution in [0, 0.1) is 5.82 Å². The molecule has 0 saturated heterocycles. The monoisotopic (exact) mass is 341 g/mol. The number of amides is 1. The van der Waals surface area contributed by atoms with Crippen LogP contribution in [0.15, 0.2) is 57.8 Å².